The van der Waals surface area contributed by atoms with Crippen LogP contribution >= 0.6 is 0 Å². The van der Waals surface area contributed by atoms with E-state index in [1.54, 1.807) is 0 Å². The van der Waals surface area contributed by atoms with Crippen LogP contribution in [0.5, 0.6) is 0 Å². The Balaban J connectivity index is 2.00. The van der Waals surface area contributed by atoms with E-state index in [-0.39, 0.29) is 5.84 Å². The quantitative estimate of drug-likeness (QED) is 0.632. The van der Waals surface area contributed by atoms with Crippen molar-refractivity contribution in [3.8, 4) is 0 Å². The standard InChI is InChI=1S/C16H23N3/c1-11-7-8-13(16(17)18)15(10-11)19-9-3-5-12-4-2-6-14(12)19/h7-8,10,12,14H,2-6,9H2,1H3,(H3,17,18). The van der Waals surface area contributed by atoms with Crippen molar-refractivity contribution < 1.29 is 0 Å². The lowest BCUT2D eigenvalue weighted by Gasteiger charge is -2.40. The number of hydrogen-bond acceptors (Lipinski definition) is 2. The maximum Gasteiger partial charge on any atom is 0.124 e. The fourth-order valence-electron chi connectivity index (χ4n) is 3.86. The normalized spacial score (nSPS) is 26.3. The number of nitrogens with two attached hydrogens (primary N) is 1. The molecule has 1 aliphatic heterocycles. The Morgan fingerprint density at radius 2 is 2.05 bits per heavy atom. The van der Waals surface area contributed by atoms with Crippen LogP contribution in [0.25, 0.3) is 0 Å². The van der Waals surface area contributed by atoms with Gasteiger partial charge in [-0.2, -0.15) is 0 Å². The minimum absolute atomic E-state index is 0.190. The summed E-state index contributed by atoms with van der Waals surface area (Å²) < 4.78 is 0. The van der Waals surface area contributed by atoms with E-state index in [1.165, 1.54) is 43.4 Å². The summed E-state index contributed by atoms with van der Waals surface area (Å²) in [4.78, 5) is 2.53. The minimum atomic E-state index is 0.190. The summed E-state index contributed by atoms with van der Waals surface area (Å²) in [5.74, 6) is 1.05. The van der Waals surface area contributed by atoms with Gasteiger partial charge in [0, 0.05) is 23.8 Å². The number of fused-ring (bicyclic) bond motifs is 1. The van der Waals surface area contributed by atoms with E-state index in [2.05, 4.69) is 24.0 Å². The van der Waals surface area contributed by atoms with Crippen LogP contribution < -0.4 is 10.6 Å². The van der Waals surface area contributed by atoms with Crippen LogP contribution in [-0.4, -0.2) is 18.4 Å². The Morgan fingerprint density at radius 1 is 1.26 bits per heavy atom. The largest absolute Gasteiger partial charge is 0.384 e. The predicted molar refractivity (Wildman–Crippen MR) is 79.9 cm³/mol. The minimum Gasteiger partial charge on any atom is -0.384 e. The van der Waals surface area contributed by atoms with E-state index in [4.69, 9.17) is 11.1 Å². The van der Waals surface area contributed by atoms with Gasteiger partial charge in [0.25, 0.3) is 0 Å². The van der Waals surface area contributed by atoms with E-state index < -0.39 is 0 Å². The lowest BCUT2D eigenvalue weighted by atomic mass is 9.90. The summed E-state index contributed by atoms with van der Waals surface area (Å²) in [7, 11) is 0. The first kappa shape index (κ1) is 12.5. The number of rotatable bonds is 2. The fraction of sp³-hybridized carbons (Fsp3) is 0.562. The number of anilines is 1. The lowest BCUT2D eigenvalue weighted by molar-refractivity contribution is 0.362. The molecule has 2 unspecified atom stereocenters. The molecule has 1 aliphatic carbocycles. The Labute approximate surface area is 115 Å². The zero-order chi connectivity index (χ0) is 13.4. The Morgan fingerprint density at radius 3 is 2.84 bits per heavy atom. The van der Waals surface area contributed by atoms with Gasteiger partial charge in [0.1, 0.15) is 5.84 Å². The number of nitrogens with one attached hydrogen (secondary N) is 1. The summed E-state index contributed by atoms with van der Waals surface area (Å²) in [6.07, 6.45) is 6.68. The van der Waals surface area contributed by atoms with E-state index >= 15 is 0 Å². The molecule has 1 aromatic rings. The molecule has 102 valence electrons. The van der Waals surface area contributed by atoms with Crippen LogP contribution in [0.4, 0.5) is 5.69 Å². The Bertz CT molecular complexity index is 495. The molecule has 0 bridgehead atoms. The molecule has 3 N–H and O–H groups in total. The number of aryl methyl sites for hydroxylation is 1. The zero-order valence-corrected chi connectivity index (χ0v) is 11.7. The molecule has 2 aliphatic rings. The van der Waals surface area contributed by atoms with Gasteiger partial charge < -0.3 is 10.6 Å². The molecule has 0 radical (unpaired) electrons. The average molecular weight is 257 g/mol. The highest BCUT2D eigenvalue weighted by atomic mass is 15.2. The maximum atomic E-state index is 7.81. The van der Waals surface area contributed by atoms with Gasteiger partial charge in [0.15, 0.2) is 0 Å². The fourth-order valence-corrected chi connectivity index (χ4v) is 3.86. The summed E-state index contributed by atoms with van der Waals surface area (Å²) in [5, 5.41) is 7.81. The monoisotopic (exact) mass is 257 g/mol. The molecule has 1 aromatic carbocycles. The van der Waals surface area contributed by atoms with Gasteiger partial charge in [-0.15, -0.1) is 0 Å². The number of piperidine rings is 1. The molecule has 1 saturated heterocycles. The molecule has 1 saturated carbocycles. The van der Waals surface area contributed by atoms with Crippen molar-refractivity contribution >= 4 is 11.5 Å². The number of amidine groups is 1. The Kier molecular flexibility index (Phi) is 3.21. The molecule has 3 rings (SSSR count). The summed E-state index contributed by atoms with van der Waals surface area (Å²) in [5.41, 5.74) is 9.10. The van der Waals surface area contributed by atoms with Crippen LogP contribution in [0.15, 0.2) is 18.2 Å². The summed E-state index contributed by atoms with van der Waals surface area (Å²) in [6, 6.07) is 6.94. The molecule has 3 heteroatoms. The van der Waals surface area contributed by atoms with Gasteiger partial charge >= 0.3 is 0 Å². The zero-order valence-electron chi connectivity index (χ0n) is 11.7. The topological polar surface area (TPSA) is 53.1 Å². The molecule has 3 nitrogen and oxygen atoms in total. The maximum absolute atomic E-state index is 7.81. The number of hydrogen-bond donors (Lipinski definition) is 2. The summed E-state index contributed by atoms with van der Waals surface area (Å²) in [6.45, 7) is 3.23. The second kappa shape index (κ2) is 4.87. The molecule has 0 spiro atoms. The molecule has 2 fully saturated rings. The van der Waals surface area contributed by atoms with Crippen LogP contribution in [0.1, 0.15) is 43.2 Å². The second-order valence-corrected chi connectivity index (χ2v) is 6.03. The summed E-state index contributed by atoms with van der Waals surface area (Å²) >= 11 is 0. The average Bonchev–Trinajstić information content (AvgIpc) is 2.86. The van der Waals surface area contributed by atoms with Crippen LogP contribution in [0.2, 0.25) is 0 Å². The van der Waals surface area contributed by atoms with Crippen molar-refractivity contribution in [1.29, 1.82) is 5.41 Å². The number of nitrogens with zero attached hydrogens (tertiary/aromatic N) is 1. The number of nitrogen functional groups attached to an aromatic ring is 1. The van der Waals surface area contributed by atoms with Gasteiger partial charge in [0.2, 0.25) is 0 Å². The third-order valence-electron chi connectivity index (χ3n) is 4.75. The van der Waals surface area contributed by atoms with Gasteiger partial charge in [-0.3, -0.25) is 5.41 Å². The number of benzene rings is 1. The second-order valence-electron chi connectivity index (χ2n) is 6.03. The van der Waals surface area contributed by atoms with Gasteiger partial charge in [0.05, 0.1) is 0 Å². The van der Waals surface area contributed by atoms with Crippen LogP contribution in [0.3, 0.4) is 0 Å². The molecular formula is C16H23N3. The highest BCUT2D eigenvalue weighted by Gasteiger charge is 2.35. The lowest BCUT2D eigenvalue weighted by Crippen LogP contribution is -2.43. The van der Waals surface area contributed by atoms with Crippen LogP contribution in [0, 0.1) is 18.3 Å². The third kappa shape index (κ3) is 2.22. The van der Waals surface area contributed by atoms with E-state index in [1.807, 2.05) is 6.07 Å². The van der Waals surface area contributed by atoms with Crippen molar-refractivity contribution in [3.05, 3.63) is 29.3 Å². The smallest absolute Gasteiger partial charge is 0.124 e. The van der Waals surface area contributed by atoms with E-state index in [0.717, 1.165) is 18.0 Å². The van der Waals surface area contributed by atoms with Crippen LogP contribution in [-0.2, 0) is 0 Å². The van der Waals surface area contributed by atoms with E-state index in [0.29, 0.717) is 6.04 Å². The van der Waals surface area contributed by atoms with Crippen molar-refractivity contribution in [2.45, 2.75) is 45.1 Å². The van der Waals surface area contributed by atoms with Gasteiger partial charge in [-0.25, -0.2) is 0 Å². The first-order valence-corrected chi connectivity index (χ1v) is 7.38. The SMILES string of the molecule is Cc1ccc(C(=N)N)c(N2CCCC3CCCC32)c1. The first-order valence-electron chi connectivity index (χ1n) is 7.38. The molecule has 0 aromatic heterocycles. The Hall–Kier alpha value is -1.51. The first-order chi connectivity index (χ1) is 9.16. The molecule has 19 heavy (non-hydrogen) atoms. The van der Waals surface area contributed by atoms with Gasteiger partial charge in [-0.05, 0) is 56.2 Å². The predicted octanol–water partition coefficient (Wildman–Crippen LogP) is 3.05. The molecule has 0 amide bonds. The van der Waals surface area contributed by atoms with Crippen molar-refractivity contribution in [2.24, 2.45) is 11.7 Å². The highest BCUT2D eigenvalue weighted by molar-refractivity contribution is 6.00. The molecule has 2 atom stereocenters. The highest BCUT2D eigenvalue weighted by Crippen LogP contribution is 2.40. The molecular weight excluding hydrogens is 234 g/mol. The third-order valence-corrected chi connectivity index (χ3v) is 4.75. The van der Waals surface area contributed by atoms with Gasteiger partial charge in [-0.1, -0.05) is 12.5 Å². The molecule has 1 heterocycles. The van der Waals surface area contributed by atoms with E-state index in [9.17, 15) is 0 Å². The van der Waals surface area contributed by atoms with Crippen molar-refractivity contribution in [2.75, 3.05) is 11.4 Å². The van der Waals surface area contributed by atoms with Crippen molar-refractivity contribution in [1.82, 2.24) is 0 Å². The van der Waals surface area contributed by atoms with Crippen molar-refractivity contribution in [3.63, 3.8) is 0 Å².